The van der Waals surface area contributed by atoms with Crippen LogP contribution in [-0.4, -0.2) is 9.97 Å². The Balaban J connectivity index is 3.08. The molecule has 1 aromatic rings. The largest absolute Gasteiger partial charge is 0.241 e. The highest BCUT2D eigenvalue weighted by atomic mass is 35.5. The van der Waals surface area contributed by atoms with E-state index in [1.54, 1.807) is 6.92 Å². The van der Waals surface area contributed by atoms with Crippen LogP contribution in [0.1, 0.15) is 24.6 Å². The second kappa shape index (κ2) is 3.13. The van der Waals surface area contributed by atoms with Gasteiger partial charge in [-0.05, 0) is 13.8 Å². The molecule has 0 bridgehead atoms. The highest BCUT2D eigenvalue weighted by Crippen LogP contribution is 2.16. The van der Waals surface area contributed by atoms with E-state index in [0.717, 1.165) is 0 Å². The van der Waals surface area contributed by atoms with E-state index in [9.17, 15) is 4.39 Å². The van der Waals surface area contributed by atoms with Crippen LogP contribution in [0.3, 0.4) is 0 Å². The first-order valence-electron chi connectivity index (χ1n) is 3.25. The summed E-state index contributed by atoms with van der Waals surface area (Å²) in [4.78, 5) is 7.67. The first-order chi connectivity index (χ1) is 5.09. The second-order valence-electron chi connectivity index (χ2n) is 2.28. The van der Waals surface area contributed by atoms with Crippen molar-refractivity contribution in [1.29, 1.82) is 0 Å². The minimum Gasteiger partial charge on any atom is -0.241 e. The van der Waals surface area contributed by atoms with E-state index < -0.39 is 6.17 Å². The van der Waals surface area contributed by atoms with Crippen molar-refractivity contribution in [3.05, 3.63) is 22.7 Å². The molecule has 11 heavy (non-hydrogen) atoms. The molecule has 0 radical (unpaired) electrons. The lowest BCUT2D eigenvalue weighted by molar-refractivity contribution is 0.364. The van der Waals surface area contributed by atoms with Crippen LogP contribution in [0.4, 0.5) is 4.39 Å². The third kappa shape index (κ3) is 2.12. The van der Waals surface area contributed by atoms with Crippen molar-refractivity contribution in [3.63, 3.8) is 0 Å². The molecule has 0 aromatic carbocycles. The minimum absolute atomic E-state index is 0.289. The Morgan fingerprint density at radius 2 is 2.18 bits per heavy atom. The standard InChI is InChI=1S/C7H8ClFN2/c1-4(9)6-3-7(8)11-5(2)10-6/h3-4H,1-2H3. The molecule has 1 atom stereocenters. The summed E-state index contributed by atoms with van der Waals surface area (Å²) in [6, 6.07) is 1.43. The van der Waals surface area contributed by atoms with E-state index in [4.69, 9.17) is 11.6 Å². The zero-order valence-corrected chi connectivity index (χ0v) is 7.06. The van der Waals surface area contributed by atoms with E-state index in [-0.39, 0.29) is 5.15 Å². The van der Waals surface area contributed by atoms with Crippen LogP contribution < -0.4 is 0 Å². The van der Waals surface area contributed by atoms with Crippen LogP contribution in [0.25, 0.3) is 0 Å². The Labute approximate surface area is 69.4 Å². The molecule has 4 heteroatoms. The van der Waals surface area contributed by atoms with Gasteiger partial charge in [0.05, 0.1) is 5.69 Å². The summed E-state index contributed by atoms with van der Waals surface area (Å²) in [6.45, 7) is 3.09. The van der Waals surface area contributed by atoms with Crippen LogP contribution >= 0.6 is 11.6 Å². The lowest BCUT2D eigenvalue weighted by atomic mass is 10.3. The predicted octanol–water partition coefficient (Wildman–Crippen LogP) is 2.47. The zero-order chi connectivity index (χ0) is 8.43. The molecule has 0 saturated carbocycles. The topological polar surface area (TPSA) is 25.8 Å². The van der Waals surface area contributed by atoms with E-state index in [0.29, 0.717) is 11.5 Å². The summed E-state index contributed by atoms with van der Waals surface area (Å²) in [5, 5.41) is 0.289. The highest BCUT2D eigenvalue weighted by Gasteiger charge is 2.06. The van der Waals surface area contributed by atoms with Crippen LogP contribution in [-0.2, 0) is 0 Å². The summed E-state index contributed by atoms with van der Waals surface area (Å²) in [5.41, 5.74) is 0.336. The number of alkyl halides is 1. The van der Waals surface area contributed by atoms with E-state index in [1.165, 1.54) is 13.0 Å². The fraction of sp³-hybridized carbons (Fsp3) is 0.429. The minimum atomic E-state index is -1.09. The lowest BCUT2D eigenvalue weighted by Crippen LogP contribution is -1.96. The Morgan fingerprint density at radius 3 is 2.64 bits per heavy atom. The number of nitrogens with zero attached hydrogens (tertiary/aromatic N) is 2. The molecule has 0 aliphatic heterocycles. The van der Waals surface area contributed by atoms with Crippen LogP contribution in [0, 0.1) is 6.92 Å². The molecule has 0 fully saturated rings. The Bertz CT molecular complexity index is 242. The number of aromatic nitrogens is 2. The third-order valence-corrected chi connectivity index (χ3v) is 1.43. The quantitative estimate of drug-likeness (QED) is 0.612. The van der Waals surface area contributed by atoms with Crippen molar-refractivity contribution >= 4 is 11.6 Å². The fourth-order valence-corrected chi connectivity index (χ4v) is 0.991. The SMILES string of the molecule is Cc1nc(Cl)cc(C(C)F)n1. The first-order valence-corrected chi connectivity index (χ1v) is 3.62. The molecule has 0 aliphatic carbocycles. The van der Waals surface area contributed by atoms with Gasteiger partial charge in [-0.2, -0.15) is 0 Å². The number of halogens is 2. The third-order valence-electron chi connectivity index (χ3n) is 1.23. The van der Waals surface area contributed by atoms with Crippen molar-refractivity contribution in [2.75, 3.05) is 0 Å². The molecule has 0 saturated heterocycles. The summed E-state index contributed by atoms with van der Waals surface area (Å²) >= 11 is 5.58. The maximum absolute atomic E-state index is 12.6. The molecular formula is C7H8ClFN2. The summed E-state index contributed by atoms with van der Waals surface area (Å²) < 4.78 is 12.6. The Morgan fingerprint density at radius 1 is 1.55 bits per heavy atom. The van der Waals surface area contributed by atoms with Gasteiger partial charge in [0.25, 0.3) is 0 Å². The smallest absolute Gasteiger partial charge is 0.139 e. The van der Waals surface area contributed by atoms with E-state index in [2.05, 4.69) is 9.97 Å². The average Bonchev–Trinajstić information content (AvgIpc) is 1.85. The molecule has 1 aromatic heterocycles. The number of hydrogen-bond acceptors (Lipinski definition) is 2. The van der Waals surface area contributed by atoms with Gasteiger partial charge in [-0.25, -0.2) is 14.4 Å². The van der Waals surface area contributed by atoms with Gasteiger partial charge >= 0.3 is 0 Å². The van der Waals surface area contributed by atoms with E-state index >= 15 is 0 Å². The van der Waals surface area contributed by atoms with Crippen molar-refractivity contribution < 1.29 is 4.39 Å². The molecule has 1 unspecified atom stereocenters. The maximum atomic E-state index is 12.6. The molecule has 1 rings (SSSR count). The molecule has 0 spiro atoms. The second-order valence-corrected chi connectivity index (χ2v) is 2.67. The zero-order valence-electron chi connectivity index (χ0n) is 6.31. The van der Waals surface area contributed by atoms with Crippen LogP contribution in [0.15, 0.2) is 6.07 Å². The molecule has 0 aliphatic rings. The van der Waals surface area contributed by atoms with Crippen molar-refractivity contribution in [2.24, 2.45) is 0 Å². The van der Waals surface area contributed by atoms with Crippen molar-refractivity contribution in [3.8, 4) is 0 Å². The van der Waals surface area contributed by atoms with Crippen LogP contribution in [0.5, 0.6) is 0 Å². The van der Waals surface area contributed by atoms with Gasteiger partial charge in [0.1, 0.15) is 17.1 Å². The monoisotopic (exact) mass is 174 g/mol. The highest BCUT2D eigenvalue weighted by molar-refractivity contribution is 6.29. The molecule has 0 N–H and O–H groups in total. The molecule has 2 nitrogen and oxygen atoms in total. The number of hydrogen-bond donors (Lipinski definition) is 0. The number of rotatable bonds is 1. The van der Waals surface area contributed by atoms with Gasteiger partial charge in [0.2, 0.25) is 0 Å². The first kappa shape index (κ1) is 8.40. The molecule has 60 valence electrons. The van der Waals surface area contributed by atoms with E-state index in [1.807, 2.05) is 0 Å². The maximum Gasteiger partial charge on any atom is 0.139 e. The summed E-state index contributed by atoms with van der Waals surface area (Å²) in [7, 11) is 0. The van der Waals surface area contributed by atoms with Gasteiger partial charge in [-0.1, -0.05) is 11.6 Å². The van der Waals surface area contributed by atoms with Crippen molar-refractivity contribution in [1.82, 2.24) is 9.97 Å². The summed E-state index contributed by atoms with van der Waals surface area (Å²) in [5.74, 6) is 0.497. The van der Waals surface area contributed by atoms with Gasteiger partial charge in [-0.3, -0.25) is 0 Å². The Hall–Kier alpha value is -0.700. The summed E-state index contributed by atoms with van der Waals surface area (Å²) in [6.07, 6.45) is -1.09. The van der Waals surface area contributed by atoms with Crippen molar-refractivity contribution in [2.45, 2.75) is 20.0 Å². The van der Waals surface area contributed by atoms with Gasteiger partial charge in [0, 0.05) is 6.07 Å². The molecule has 1 heterocycles. The molecular weight excluding hydrogens is 167 g/mol. The van der Waals surface area contributed by atoms with Gasteiger partial charge < -0.3 is 0 Å². The fourth-order valence-electron chi connectivity index (χ4n) is 0.757. The van der Waals surface area contributed by atoms with Gasteiger partial charge in [0.15, 0.2) is 0 Å². The number of aryl methyl sites for hydroxylation is 1. The van der Waals surface area contributed by atoms with Crippen LogP contribution in [0.2, 0.25) is 5.15 Å². The lowest BCUT2D eigenvalue weighted by Gasteiger charge is -2.01. The normalized spacial score (nSPS) is 13.1. The average molecular weight is 175 g/mol. The Kier molecular flexibility index (Phi) is 2.39. The predicted molar refractivity (Wildman–Crippen MR) is 41.3 cm³/mol. The van der Waals surface area contributed by atoms with Gasteiger partial charge in [-0.15, -0.1) is 0 Å². The molecule has 0 amide bonds.